The van der Waals surface area contributed by atoms with Gasteiger partial charge < -0.3 is 48.1 Å². The quantitative estimate of drug-likeness (QED) is 0.113. The molecule has 12 nitrogen and oxygen atoms in total. The Morgan fingerprint density at radius 3 is 2.52 bits per heavy atom. The van der Waals surface area contributed by atoms with E-state index in [-0.39, 0.29) is 11.9 Å². The summed E-state index contributed by atoms with van der Waals surface area (Å²) < 4.78 is 55.7. The molecule has 0 spiro atoms. The van der Waals surface area contributed by atoms with E-state index in [0.29, 0.717) is 106 Å². The minimum atomic E-state index is -3.82. The number of benzene rings is 1. The zero-order valence-corrected chi connectivity index (χ0v) is 30.1. The molecule has 4 heterocycles. The fourth-order valence-electron chi connectivity index (χ4n) is 7.39. The van der Waals surface area contributed by atoms with Crippen molar-refractivity contribution in [2.75, 3.05) is 45.3 Å². The zero-order valence-electron chi connectivity index (χ0n) is 30.1. The molecule has 1 amide bonds. The van der Waals surface area contributed by atoms with Gasteiger partial charge in [0.05, 0.1) is 46.0 Å². The van der Waals surface area contributed by atoms with E-state index in [9.17, 15) is 4.79 Å². The minimum absolute atomic E-state index is 0.0845. The van der Waals surface area contributed by atoms with Gasteiger partial charge >= 0.3 is 6.84 Å². The predicted octanol–water partition coefficient (Wildman–Crippen LogP) is 5.58. The van der Waals surface area contributed by atoms with Gasteiger partial charge in [-0.25, -0.2) is 4.98 Å². The number of aromatic amines is 1. The molecule has 4 N–H and O–H groups in total. The number of nitrogen functional groups attached to an aromatic ring is 1. The highest BCUT2D eigenvalue weighted by molar-refractivity contribution is 6.63. The summed E-state index contributed by atoms with van der Waals surface area (Å²) in [5.41, 5.74) is 14.1. The van der Waals surface area contributed by atoms with Crippen molar-refractivity contribution < 1.29 is 36.9 Å². The smallest absolute Gasteiger partial charge is 0.471 e. The van der Waals surface area contributed by atoms with Crippen molar-refractivity contribution >= 4 is 35.6 Å². The monoisotopic (exact) mass is 717 g/mol. The van der Waals surface area contributed by atoms with E-state index in [1.165, 1.54) is 10.8 Å². The second-order valence-corrected chi connectivity index (χ2v) is 13.4. The molecule has 0 saturated heterocycles. The summed E-state index contributed by atoms with van der Waals surface area (Å²) in [6.45, 7) is 6.64. The summed E-state index contributed by atoms with van der Waals surface area (Å²) in [4.78, 5) is 27.9. The number of ether oxygens (including phenoxy) is 4. The standard InChI is InChI=1S/C37H46BF2N7O5/c1-23-17-24(2)32-31(23)29(34-25(3)18-26(4)47(34)38(32,39)40)9-6-10-30(48)42-11-12-49-13-14-50-15-16-51-20-27-7-5-8-28(19-27)21-52-36-33-35(44-22-43-33)45-37(41)46-36/h5,7-8,17-19,22,32H,6,9-16,20-21H2,1-4H3,(H,42,48)(H3,41,43,44,45,46). The van der Waals surface area contributed by atoms with E-state index < -0.39 is 12.7 Å². The number of imidazole rings is 1. The van der Waals surface area contributed by atoms with Crippen LogP contribution in [0.25, 0.3) is 11.2 Å². The van der Waals surface area contributed by atoms with Gasteiger partial charge in [0.1, 0.15) is 17.8 Å². The number of rotatable bonds is 18. The predicted molar refractivity (Wildman–Crippen MR) is 195 cm³/mol. The van der Waals surface area contributed by atoms with Crippen molar-refractivity contribution in [2.45, 2.75) is 66.0 Å². The largest absolute Gasteiger partial charge is 0.625 e. The molecule has 0 radical (unpaired) electrons. The van der Waals surface area contributed by atoms with Crippen LogP contribution < -0.4 is 15.8 Å². The number of carbonyl (C=O) groups excluding carboxylic acids is 1. The first-order valence-corrected chi connectivity index (χ1v) is 17.7. The first-order valence-electron chi connectivity index (χ1n) is 17.7. The molecule has 1 unspecified atom stereocenters. The fourth-order valence-corrected chi connectivity index (χ4v) is 7.39. The number of allylic oxidation sites excluding steroid dienone is 7. The number of nitrogens with two attached hydrogens (primary N) is 1. The molecule has 3 aliphatic rings. The van der Waals surface area contributed by atoms with E-state index in [2.05, 4.69) is 25.3 Å². The van der Waals surface area contributed by atoms with Crippen molar-refractivity contribution in [1.82, 2.24) is 25.3 Å². The van der Waals surface area contributed by atoms with E-state index in [1.54, 1.807) is 13.8 Å². The molecular formula is C37H46BF2N7O5. The zero-order chi connectivity index (χ0) is 36.8. The summed E-state index contributed by atoms with van der Waals surface area (Å²) in [5.74, 6) is -0.548. The molecule has 6 rings (SSSR count). The molecule has 0 bridgehead atoms. The van der Waals surface area contributed by atoms with Crippen molar-refractivity contribution in [2.24, 2.45) is 0 Å². The molecule has 2 aromatic heterocycles. The number of amides is 1. The molecule has 276 valence electrons. The van der Waals surface area contributed by atoms with Gasteiger partial charge in [0, 0.05) is 42.9 Å². The number of hydrogen-bond acceptors (Lipinski definition) is 9. The Kier molecular flexibility index (Phi) is 11.6. The van der Waals surface area contributed by atoms with Gasteiger partial charge in [-0.1, -0.05) is 41.5 Å². The van der Waals surface area contributed by atoms with Gasteiger partial charge in [-0.05, 0) is 50.3 Å². The van der Waals surface area contributed by atoms with Crippen LogP contribution in [0.5, 0.6) is 5.88 Å². The van der Waals surface area contributed by atoms with E-state index in [1.807, 2.05) is 50.3 Å². The number of nitrogens with zero attached hydrogens (tertiary/aromatic N) is 4. The Bertz CT molecular complexity index is 1990. The number of hydrogen-bond donors (Lipinski definition) is 3. The maximum absolute atomic E-state index is 15.8. The molecule has 15 heteroatoms. The molecule has 1 atom stereocenters. The maximum atomic E-state index is 15.8. The Morgan fingerprint density at radius 2 is 1.73 bits per heavy atom. The lowest BCUT2D eigenvalue weighted by Gasteiger charge is -2.37. The number of fused-ring (bicyclic) bond motifs is 3. The van der Waals surface area contributed by atoms with Gasteiger partial charge in [0.2, 0.25) is 17.7 Å². The Hall–Kier alpha value is -4.73. The number of aromatic nitrogens is 4. The summed E-state index contributed by atoms with van der Waals surface area (Å²) >= 11 is 0. The number of H-pyrrole nitrogens is 1. The van der Waals surface area contributed by atoms with Crippen LogP contribution in [0.3, 0.4) is 0 Å². The lowest BCUT2D eigenvalue weighted by atomic mass is 9.54. The van der Waals surface area contributed by atoms with Crippen molar-refractivity contribution in [3.05, 3.63) is 87.4 Å². The van der Waals surface area contributed by atoms with Crippen molar-refractivity contribution in [1.29, 1.82) is 0 Å². The van der Waals surface area contributed by atoms with Gasteiger partial charge in [-0.2, -0.15) is 9.97 Å². The van der Waals surface area contributed by atoms with Crippen LogP contribution in [0, 0.1) is 0 Å². The normalized spacial score (nSPS) is 17.8. The van der Waals surface area contributed by atoms with Gasteiger partial charge in [-0.3, -0.25) is 4.79 Å². The third-order valence-electron chi connectivity index (χ3n) is 9.50. The second-order valence-electron chi connectivity index (χ2n) is 13.4. The van der Waals surface area contributed by atoms with Crippen LogP contribution in [0.1, 0.15) is 58.1 Å². The Labute approximate surface area is 301 Å². The molecule has 3 aromatic rings. The van der Waals surface area contributed by atoms with Crippen LogP contribution in [-0.4, -0.2) is 82.5 Å². The lowest BCUT2D eigenvalue weighted by molar-refractivity contribution is -0.364. The molecule has 1 aromatic carbocycles. The summed E-state index contributed by atoms with van der Waals surface area (Å²) in [6.07, 6.45) is 6.68. The maximum Gasteiger partial charge on any atom is 0.625 e. The number of carbonyl (C=O) groups is 1. The second kappa shape index (κ2) is 16.3. The molecule has 2 aliphatic heterocycles. The van der Waals surface area contributed by atoms with Crippen LogP contribution in [0.4, 0.5) is 14.6 Å². The summed E-state index contributed by atoms with van der Waals surface area (Å²) in [7, 11) is 0. The number of halogens is 2. The van der Waals surface area contributed by atoms with E-state index in [0.717, 1.165) is 33.4 Å². The van der Waals surface area contributed by atoms with Crippen LogP contribution >= 0.6 is 0 Å². The van der Waals surface area contributed by atoms with Gasteiger partial charge in [-0.15, -0.1) is 0 Å². The van der Waals surface area contributed by atoms with E-state index >= 15 is 8.63 Å². The fraction of sp³-hybridized carbons (Fsp3) is 0.432. The molecule has 0 saturated carbocycles. The highest BCUT2D eigenvalue weighted by Gasteiger charge is 2.59. The van der Waals surface area contributed by atoms with Gasteiger partial charge in [0.25, 0.3) is 0 Å². The average molecular weight is 718 g/mol. The van der Waals surface area contributed by atoms with Gasteiger partial charge in [0.15, 0.2) is 11.3 Å². The van der Waals surface area contributed by atoms with E-state index in [4.69, 9.17) is 24.7 Å². The third-order valence-corrected chi connectivity index (χ3v) is 9.50. The number of anilines is 1. The van der Waals surface area contributed by atoms with Crippen LogP contribution in [-0.2, 0) is 32.2 Å². The molecule has 0 fully saturated rings. The highest BCUT2D eigenvalue weighted by atomic mass is 19.2. The van der Waals surface area contributed by atoms with Crippen LogP contribution in [0.15, 0.2) is 76.3 Å². The summed E-state index contributed by atoms with van der Waals surface area (Å²) in [6, 6.07) is 7.88. The van der Waals surface area contributed by atoms with Crippen LogP contribution in [0.2, 0.25) is 5.82 Å². The highest BCUT2D eigenvalue weighted by Crippen LogP contribution is 2.55. The van der Waals surface area contributed by atoms with Crippen molar-refractivity contribution in [3.8, 4) is 5.88 Å². The number of nitrogens with one attached hydrogen (secondary N) is 2. The SMILES string of the molecule is CC1=CC(C)=[N+]2C1=C(CCCC(=O)NCCOCCOCCOCc1cccc(COc3nc(N)nc4nc[nH]c34)c1)C1=C(C)C=C(C)C1[B-]2(F)F. The van der Waals surface area contributed by atoms with Crippen molar-refractivity contribution in [3.63, 3.8) is 0 Å². The molecule has 1 aliphatic carbocycles. The third kappa shape index (κ3) is 8.16. The summed E-state index contributed by atoms with van der Waals surface area (Å²) in [5, 5.41) is 2.89. The molecule has 52 heavy (non-hydrogen) atoms. The average Bonchev–Trinajstić information content (AvgIpc) is 3.79. The topological polar surface area (TPSA) is 150 Å². The molecular weight excluding hydrogens is 671 g/mol. The Balaban J connectivity index is 0.822. The lowest BCUT2D eigenvalue weighted by Crippen LogP contribution is -2.48. The first kappa shape index (κ1) is 37.0. The Morgan fingerprint density at radius 1 is 1.00 bits per heavy atom. The first-order chi connectivity index (χ1) is 25.0. The minimum Gasteiger partial charge on any atom is -0.471 e.